The largest absolute Gasteiger partial charge is 0.331 e. The minimum Gasteiger partial charge on any atom is -0.331 e. The van der Waals surface area contributed by atoms with Crippen molar-refractivity contribution in [3.05, 3.63) is 71.0 Å². The normalized spacial score (nSPS) is 12.0. The molecular formula is C19H20ClN5O. The lowest BCUT2D eigenvalue weighted by Gasteiger charge is -2.23. The van der Waals surface area contributed by atoms with Gasteiger partial charge in [-0.1, -0.05) is 36.7 Å². The van der Waals surface area contributed by atoms with E-state index in [1.807, 2.05) is 50.2 Å². The van der Waals surface area contributed by atoms with E-state index in [1.54, 1.807) is 28.9 Å². The van der Waals surface area contributed by atoms with Crippen LogP contribution in [0.5, 0.6) is 0 Å². The highest BCUT2D eigenvalue weighted by Gasteiger charge is 2.25. The van der Waals surface area contributed by atoms with E-state index in [0.717, 1.165) is 5.69 Å². The van der Waals surface area contributed by atoms with Crippen LogP contribution in [0.1, 0.15) is 42.0 Å². The van der Waals surface area contributed by atoms with Crippen LogP contribution in [0.25, 0.3) is 5.69 Å². The molecule has 26 heavy (non-hydrogen) atoms. The molecular weight excluding hydrogens is 350 g/mol. The number of aromatic nitrogens is 4. The van der Waals surface area contributed by atoms with Crippen LogP contribution < -0.4 is 0 Å². The molecule has 1 aromatic carbocycles. The van der Waals surface area contributed by atoms with Gasteiger partial charge < -0.3 is 4.90 Å². The Morgan fingerprint density at radius 2 is 1.96 bits per heavy atom. The van der Waals surface area contributed by atoms with Crippen LogP contribution in [0.4, 0.5) is 0 Å². The van der Waals surface area contributed by atoms with Crippen LogP contribution in [0.2, 0.25) is 5.02 Å². The zero-order chi connectivity index (χ0) is 18.7. The van der Waals surface area contributed by atoms with Crippen LogP contribution in [0.15, 0.2) is 48.7 Å². The van der Waals surface area contributed by atoms with Crippen LogP contribution in [0, 0.1) is 0 Å². The number of rotatable bonds is 5. The Morgan fingerprint density at radius 3 is 2.62 bits per heavy atom. The van der Waals surface area contributed by atoms with Gasteiger partial charge in [0.1, 0.15) is 5.82 Å². The quantitative estimate of drug-likeness (QED) is 0.687. The maximum atomic E-state index is 12.9. The molecule has 1 amide bonds. The van der Waals surface area contributed by atoms with E-state index in [-0.39, 0.29) is 17.8 Å². The van der Waals surface area contributed by atoms with E-state index in [4.69, 9.17) is 11.6 Å². The summed E-state index contributed by atoms with van der Waals surface area (Å²) < 4.78 is 1.63. The average Bonchev–Trinajstić information content (AvgIpc) is 3.11. The van der Waals surface area contributed by atoms with Gasteiger partial charge in [-0.05, 0) is 31.2 Å². The summed E-state index contributed by atoms with van der Waals surface area (Å²) >= 11 is 6.28. The Labute approximate surface area is 157 Å². The van der Waals surface area contributed by atoms with Gasteiger partial charge in [0.05, 0.1) is 22.4 Å². The second-order valence-corrected chi connectivity index (χ2v) is 6.32. The van der Waals surface area contributed by atoms with Crippen molar-refractivity contribution in [2.24, 2.45) is 0 Å². The number of para-hydroxylation sites is 1. The lowest BCUT2D eigenvalue weighted by Crippen LogP contribution is -2.31. The number of hydrogen-bond acceptors (Lipinski definition) is 4. The van der Waals surface area contributed by atoms with Crippen molar-refractivity contribution < 1.29 is 4.79 Å². The first-order chi connectivity index (χ1) is 12.5. The highest BCUT2D eigenvalue weighted by Crippen LogP contribution is 2.22. The number of carbonyl (C=O) groups is 1. The molecule has 6 nitrogen and oxygen atoms in total. The zero-order valence-corrected chi connectivity index (χ0v) is 15.7. The molecule has 2 aromatic heterocycles. The van der Waals surface area contributed by atoms with Gasteiger partial charge >= 0.3 is 0 Å². The Morgan fingerprint density at radius 1 is 1.23 bits per heavy atom. The number of halogens is 1. The van der Waals surface area contributed by atoms with Gasteiger partial charge in [-0.15, -0.1) is 5.10 Å². The summed E-state index contributed by atoms with van der Waals surface area (Å²) in [4.78, 5) is 23.2. The van der Waals surface area contributed by atoms with Gasteiger partial charge in [-0.3, -0.25) is 9.78 Å². The molecule has 0 aliphatic heterocycles. The van der Waals surface area contributed by atoms with Gasteiger partial charge in [-0.25, -0.2) is 9.67 Å². The summed E-state index contributed by atoms with van der Waals surface area (Å²) in [7, 11) is 1.73. The van der Waals surface area contributed by atoms with Crippen molar-refractivity contribution in [3.63, 3.8) is 0 Å². The molecule has 7 heteroatoms. The van der Waals surface area contributed by atoms with E-state index < -0.39 is 0 Å². The number of benzene rings is 1. The smallest absolute Gasteiger partial charge is 0.293 e. The van der Waals surface area contributed by atoms with E-state index in [2.05, 4.69) is 15.1 Å². The number of aryl methyl sites for hydroxylation is 1. The Bertz CT molecular complexity index is 909. The molecule has 0 aliphatic rings. The minimum atomic E-state index is -0.261. The Hall–Kier alpha value is -2.73. The maximum Gasteiger partial charge on any atom is 0.293 e. The molecule has 0 N–H and O–H groups in total. The first kappa shape index (κ1) is 18.1. The van der Waals surface area contributed by atoms with Crippen LogP contribution >= 0.6 is 11.6 Å². The molecule has 0 radical (unpaired) electrons. The Balaban J connectivity index is 1.92. The molecule has 3 rings (SSSR count). The summed E-state index contributed by atoms with van der Waals surface area (Å²) in [5, 5.41) is 4.98. The van der Waals surface area contributed by atoms with E-state index in [1.165, 1.54) is 0 Å². The third kappa shape index (κ3) is 3.46. The summed E-state index contributed by atoms with van der Waals surface area (Å²) in [6.45, 7) is 3.89. The second kappa shape index (κ2) is 7.66. The van der Waals surface area contributed by atoms with Crippen molar-refractivity contribution in [1.82, 2.24) is 24.6 Å². The number of carbonyl (C=O) groups excluding carboxylic acids is 1. The fourth-order valence-corrected chi connectivity index (χ4v) is 2.85. The van der Waals surface area contributed by atoms with Gasteiger partial charge in [0.2, 0.25) is 5.82 Å². The molecule has 0 bridgehead atoms. The molecule has 0 saturated carbocycles. The van der Waals surface area contributed by atoms with Gasteiger partial charge in [0, 0.05) is 19.7 Å². The molecule has 1 atom stereocenters. The second-order valence-electron chi connectivity index (χ2n) is 5.92. The molecule has 0 saturated heterocycles. The van der Waals surface area contributed by atoms with Crippen molar-refractivity contribution in [2.45, 2.75) is 26.3 Å². The first-order valence-corrected chi connectivity index (χ1v) is 8.79. The van der Waals surface area contributed by atoms with E-state index in [9.17, 15) is 4.79 Å². The van der Waals surface area contributed by atoms with Crippen molar-refractivity contribution >= 4 is 17.5 Å². The molecule has 0 aliphatic carbocycles. The van der Waals surface area contributed by atoms with Crippen LogP contribution in [0.3, 0.4) is 0 Å². The number of hydrogen-bond donors (Lipinski definition) is 0. The predicted molar refractivity (Wildman–Crippen MR) is 100 cm³/mol. The van der Waals surface area contributed by atoms with Gasteiger partial charge in [-0.2, -0.15) is 0 Å². The summed E-state index contributed by atoms with van der Waals surface area (Å²) in [6.07, 6.45) is 2.34. The fraction of sp³-hybridized carbons (Fsp3) is 0.263. The zero-order valence-electron chi connectivity index (χ0n) is 14.9. The average molecular weight is 370 g/mol. The molecule has 0 unspecified atom stereocenters. The van der Waals surface area contributed by atoms with E-state index in [0.29, 0.717) is 23.0 Å². The number of amides is 1. The summed E-state index contributed by atoms with van der Waals surface area (Å²) in [5.41, 5.74) is 1.52. The Kier molecular flexibility index (Phi) is 5.32. The highest BCUT2D eigenvalue weighted by molar-refractivity contribution is 6.32. The molecule has 3 aromatic rings. The lowest BCUT2D eigenvalue weighted by molar-refractivity contribution is 0.0727. The maximum absolute atomic E-state index is 12.9. The standard InChI is InChI=1S/C19H20ClN5O/c1-4-17-22-18(23-25(17)16-11-6-5-9-14(16)20)19(26)24(3)13(2)15-10-7-8-12-21-15/h5-13H,4H2,1-3H3/t13-/m0/s1. The van der Waals surface area contributed by atoms with Gasteiger partial charge in [0.15, 0.2) is 0 Å². The topological polar surface area (TPSA) is 63.9 Å². The number of pyridine rings is 1. The minimum absolute atomic E-state index is 0.145. The third-order valence-corrected chi connectivity index (χ3v) is 4.60. The molecule has 0 fully saturated rings. The SMILES string of the molecule is CCc1nc(C(=O)N(C)[C@@H](C)c2ccccn2)nn1-c1ccccc1Cl. The number of nitrogens with zero attached hydrogens (tertiary/aromatic N) is 5. The van der Waals surface area contributed by atoms with Gasteiger partial charge in [0.25, 0.3) is 5.91 Å². The van der Waals surface area contributed by atoms with Crippen molar-refractivity contribution in [1.29, 1.82) is 0 Å². The summed E-state index contributed by atoms with van der Waals surface area (Å²) in [6, 6.07) is 12.8. The van der Waals surface area contributed by atoms with E-state index >= 15 is 0 Å². The van der Waals surface area contributed by atoms with Crippen LogP contribution in [-0.4, -0.2) is 37.6 Å². The van der Waals surface area contributed by atoms with Crippen molar-refractivity contribution in [2.75, 3.05) is 7.05 Å². The lowest BCUT2D eigenvalue weighted by atomic mass is 10.2. The third-order valence-electron chi connectivity index (χ3n) is 4.28. The fourth-order valence-electron chi connectivity index (χ4n) is 2.64. The molecule has 134 valence electrons. The monoisotopic (exact) mass is 369 g/mol. The predicted octanol–water partition coefficient (Wildman–Crippen LogP) is 3.71. The van der Waals surface area contributed by atoms with Crippen molar-refractivity contribution in [3.8, 4) is 5.69 Å². The van der Waals surface area contributed by atoms with Crippen LogP contribution in [-0.2, 0) is 6.42 Å². The molecule has 0 spiro atoms. The molecule has 2 heterocycles. The highest BCUT2D eigenvalue weighted by atomic mass is 35.5. The summed E-state index contributed by atoms with van der Waals surface area (Å²) in [5.74, 6) is 0.566. The first-order valence-electron chi connectivity index (χ1n) is 8.41.